The Labute approximate surface area is 103 Å². The predicted molar refractivity (Wildman–Crippen MR) is 68.7 cm³/mol. The summed E-state index contributed by atoms with van der Waals surface area (Å²) in [5.74, 6) is 1.03. The number of hydrogen-bond acceptors (Lipinski definition) is 4. The van der Waals surface area contributed by atoms with Crippen molar-refractivity contribution in [2.24, 2.45) is 7.05 Å². The molecule has 0 saturated carbocycles. The number of methoxy groups -OCH3 is 1. The minimum Gasteiger partial charge on any atom is -0.504 e. The number of aromatic amines is 1. The molecular weight excluding hydrogens is 238 g/mol. The van der Waals surface area contributed by atoms with Gasteiger partial charge >= 0.3 is 0 Å². The van der Waals surface area contributed by atoms with Crippen LogP contribution in [0, 0.1) is 4.77 Å². The van der Waals surface area contributed by atoms with Crippen LogP contribution in [0.5, 0.6) is 11.5 Å². The third-order valence-corrected chi connectivity index (χ3v) is 3.00. The third-order valence-electron chi connectivity index (χ3n) is 2.62. The minimum atomic E-state index is 0.0874. The van der Waals surface area contributed by atoms with Gasteiger partial charge in [-0.15, -0.1) is 0 Å². The maximum Gasteiger partial charge on any atom is 0.178 e. The van der Waals surface area contributed by atoms with Crippen molar-refractivity contribution in [3.8, 4) is 22.8 Å². The standard InChI is InChI=1S/C11H13N3O2S/c1-14-10(12)9(13-11(14)17)6-3-4-7(15)8(5-6)16-2/h3-5,15H,12H2,1-2H3,(H,13,17). The molecule has 0 unspecified atom stereocenters. The second-order valence-corrected chi connectivity index (χ2v) is 4.02. The molecule has 0 atom stereocenters. The Hall–Kier alpha value is -1.95. The summed E-state index contributed by atoms with van der Waals surface area (Å²) < 4.78 is 7.28. The van der Waals surface area contributed by atoms with Crippen molar-refractivity contribution in [2.75, 3.05) is 12.8 Å². The van der Waals surface area contributed by atoms with Crippen LogP contribution in [0.15, 0.2) is 18.2 Å². The van der Waals surface area contributed by atoms with Crippen molar-refractivity contribution in [2.45, 2.75) is 0 Å². The van der Waals surface area contributed by atoms with Gasteiger partial charge in [0.15, 0.2) is 16.3 Å². The van der Waals surface area contributed by atoms with E-state index in [0.717, 1.165) is 11.3 Å². The number of rotatable bonds is 2. The van der Waals surface area contributed by atoms with Crippen LogP contribution in [0.1, 0.15) is 0 Å². The maximum atomic E-state index is 9.52. The number of ether oxygens (including phenoxy) is 1. The monoisotopic (exact) mass is 251 g/mol. The highest BCUT2D eigenvalue weighted by Crippen LogP contribution is 2.32. The fourth-order valence-corrected chi connectivity index (χ4v) is 1.79. The lowest BCUT2D eigenvalue weighted by Crippen LogP contribution is -1.96. The van der Waals surface area contributed by atoms with E-state index in [0.29, 0.717) is 16.3 Å². The van der Waals surface area contributed by atoms with Crippen LogP contribution in [0.25, 0.3) is 11.3 Å². The van der Waals surface area contributed by atoms with Crippen LogP contribution in [0.4, 0.5) is 5.82 Å². The summed E-state index contributed by atoms with van der Waals surface area (Å²) in [5, 5.41) is 9.52. The fraction of sp³-hybridized carbons (Fsp3) is 0.182. The number of nitrogens with one attached hydrogen (secondary N) is 1. The van der Waals surface area contributed by atoms with E-state index < -0.39 is 0 Å². The summed E-state index contributed by atoms with van der Waals surface area (Å²) in [7, 11) is 3.28. The van der Waals surface area contributed by atoms with Crippen LogP contribution in [-0.4, -0.2) is 21.8 Å². The Bertz CT molecular complexity index is 616. The Balaban J connectivity index is 2.61. The maximum absolute atomic E-state index is 9.52. The van der Waals surface area contributed by atoms with Crippen LogP contribution in [-0.2, 0) is 7.05 Å². The first-order valence-corrected chi connectivity index (χ1v) is 5.37. The number of imidazole rings is 1. The molecule has 2 rings (SSSR count). The minimum absolute atomic E-state index is 0.0874. The van der Waals surface area contributed by atoms with E-state index in [-0.39, 0.29) is 5.75 Å². The number of H-pyrrole nitrogens is 1. The average Bonchev–Trinajstić information content (AvgIpc) is 2.58. The number of nitrogen functional groups attached to an aromatic ring is 1. The van der Waals surface area contributed by atoms with Gasteiger partial charge < -0.3 is 25.1 Å². The largest absolute Gasteiger partial charge is 0.504 e. The Kier molecular flexibility index (Phi) is 2.81. The first kappa shape index (κ1) is 11.5. The Morgan fingerprint density at radius 1 is 1.47 bits per heavy atom. The molecule has 17 heavy (non-hydrogen) atoms. The number of phenolic OH excluding ortho intramolecular Hbond substituents is 1. The van der Waals surface area contributed by atoms with Crippen molar-refractivity contribution in [1.29, 1.82) is 0 Å². The molecule has 0 saturated heterocycles. The van der Waals surface area contributed by atoms with Gasteiger partial charge in [0, 0.05) is 12.6 Å². The lowest BCUT2D eigenvalue weighted by atomic mass is 10.1. The van der Waals surface area contributed by atoms with Crippen molar-refractivity contribution in [3.05, 3.63) is 23.0 Å². The number of anilines is 1. The summed E-state index contributed by atoms with van der Waals surface area (Å²) in [6.45, 7) is 0. The van der Waals surface area contributed by atoms with E-state index in [1.165, 1.54) is 7.11 Å². The highest BCUT2D eigenvalue weighted by Gasteiger charge is 2.11. The van der Waals surface area contributed by atoms with Crippen molar-refractivity contribution >= 4 is 18.0 Å². The van der Waals surface area contributed by atoms with E-state index >= 15 is 0 Å². The highest BCUT2D eigenvalue weighted by molar-refractivity contribution is 7.71. The molecule has 1 aromatic heterocycles. The first-order chi connectivity index (χ1) is 8.04. The van der Waals surface area contributed by atoms with E-state index in [4.69, 9.17) is 22.7 Å². The normalized spacial score (nSPS) is 10.5. The lowest BCUT2D eigenvalue weighted by Gasteiger charge is -2.06. The van der Waals surface area contributed by atoms with Gasteiger partial charge in [0.2, 0.25) is 0 Å². The van der Waals surface area contributed by atoms with E-state index in [1.54, 1.807) is 29.8 Å². The van der Waals surface area contributed by atoms with Crippen LogP contribution < -0.4 is 10.5 Å². The zero-order chi connectivity index (χ0) is 12.6. The molecule has 0 spiro atoms. The molecular formula is C11H13N3O2S. The molecule has 1 heterocycles. The van der Waals surface area contributed by atoms with Gasteiger partial charge in [0.05, 0.1) is 12.8 Å². The van der Waals surface area contributed by atoms with Crippen molar-refractivity contribution in [1.82, 2.24) is 9.55 Å². The fourth-order valence-electron chi connectivity index (χ4n) is 1.59. The summed E-state index contributed by atoms with van der Waals surface area (Å²) >= 11 is 5.10. The molecule has 4 N–H and O–H groups in total. The molecule has 0 radical (unpaired) electrons. The number of benzene rings is 1. The smallest absolute Gasteiger partial charge is 0.178 e. The third kappa shape index (κ3) is 1.87. The predicted octanol–water partition coefficient (Wildman–Crippen LogP) is 2.05. The van der Waals surface area contributed by atoms with Gasteiger partial charge in [0.1, 0.15) is 5.82 Å². The number of phenols is 1. The molecule has 0 bridgehead atoms. The highest BCUT2D eigenvalue weighted by atomic mass is 32.1. The molecule has 1 aromatic carbocycles. The number of nitrogens with zero attached hydrogens (tertiary/aromatic N) is 1. The Morgan fingerprint density at radius 2 is 2.18 bits per heavy atom. The number of aromatic hydroxyl groups is 1. The number of nitrogens with two attached hydrogens (primary N) is 1. The van der Waals surface area contributed by atoms with E-state index in [9.17, 15) is 5.11 Å². The van der Waals surface area contributed by atoms with Gasteiger partial charge in [-0.3, -0.25) is 0 Å². The van der Waals surface area contributed by atoms with Crippen LogP contribution in [0.3, 0.4) is 0 Å². The molecule has 90 valence electrons. The molecule has 0 fully saturated rings. The summed E-state index contributed by atoms with van der Waals surface area (Å²) in [4.78, 5) is 3.02. The quantitative estimate of drug-likeness (QED) is 0.714. The number of hydrogen-bond donors (Lipinski definition) is 3. The zero-order valence-corrected chi connectivity index (χ0v) is 10.3. The topological polar surface area (TPSA) is 76.2 Å². The molecule has 6 heteroatoms. The van der Waals surface area contributed by atoms with Gasteiger partial charge in [-0.1, -0.05) is 0 Å². The lowest BCUT2D eigenvalue weighted by molar-refractivity contribution is 0.373. The van der Waals surface area contributed by atoms with E-state index in [1.807, 2.05) is 0 Å². The van der Waals surface area contributed by atoms with Crippen LogP contribution >= 0.6 is 12.2 Å². The molecule has 0 amide bonds. The molecule has 0 aliphatic heterocycles. The number of aromatic nitrogens is 2. The van der Waals surface area contributed by atoms with Crippen molar-refractivity contribution in [3.63, 3.8) is 0 Å². The van der Waals surface area contributed by atoms with Crippen LogP contribution in [0.2, 0.25) is 0 Å². The first-order valence-electron chi connectivity index (χ1n) is 4.96. The zero-order valence-electron chi connectivity index (χ0n) is 9.52. The molecule has 0 aliphatic carbocycles. The summed E-state index contributed by atoms with van der Waals surface area (Å²) in [6.07, 6.45) is 0. The van der Waals surface area contributed by atoms with Gasteiger partial charge in [-0.05, 0) is 30.4 Å². The van der Waals surface area contributed by atoms with E-state index in [2.05, 4.69) is 4.98 Å². The van der Waals surface area contributed by atoms with Gasteiger partial charge in [-0.2, -0.15) is 0 Å². The molecule has 0 aliphatic rings. The second kappa shape index (κ2) is 4.14. The van der Waals surface area contributed by atoms with Gasteiger partial charge in [0.25, 0.3) is 0 Å². The SMILES string of the molecule is COc1cc(-c2[nH]c(=S)n(C)c2N)ccc1O. The van der Waals surface area contributed by atoms with Gasteiger partial charge in [-0.25, -0.2) is 0 Å². The summed E-state index contributed by atoms with van der Waals surface area (Å²) in [6, 6.07) is 5.00. The van der Waals surface area contributed by atoms with Crippen molar-refractivity contribution < 1.29 is 9.84 Å². The second-order valence-electron chi connectivity index (χ2n) is 3.64. The Morgan fingerprint density at radius 3 is 2.71 bits per heavy atom. The average molecular weight is 251 g/mol. The summed E-state index contributed by atoms with van der Waals surface area (Å²) in [5.41, 5.74) is 7.45. The molecule has 2 aromatic rings. The molecule has 5 nitrogen and oxygen atoms in total.